The minimum Gasteiger partial charge on any atom is -0.481 e. The zero-order valence-corrected chi connectivity index (χ0v) is 67.2. The Morgan fingerprint density at radius 1 is 0.333 bits per heavy atom. The predicted molar refractivity (Wildman–Crippen MR) is 425 cm³/mol. The number of hydrogen-bond donors (Lipinski definition) is 6. The SMILES string of the molecule is COC(CC[C@H](C)C(=O)O)OC.COC(CC[C@H](C)C(=O)OCc1ccccc1)OC.COC(CC[C@H](N)C(=O)O)OC.N[C@@H](CCC1OCCO1)C(=O)O.O=C(O)[C@H](CCC1OCCO1)N(Cc1ccccc1)Cc1ccccc1.O=C(OCc1ccccc1)[C@H](CCC1OCCO1)N(Cc1ccccc1)Cc1ccccc1. The van der Waals surface area contributed by atoms with Gasteiger partial charge in [0.2, 0.25) is 0 Å². The molecule has 0 spiro atoms. The lowest BCUT2D eigenvalue weighted by atomic mass is 10.1. The quantitative estimate of drug-likeness (QED) is 0.0153. The lowest BCUT2D eigenvalue weighted by molar-refractivity contribution is -0.153. The summed E-state index contributed by atoms with van der Waals surface area (Å²) >= 11 is 0. The van der Waals surface area contributed by atoms with Crippen LogP contribution in [0.5, 0.6) is 0 Å². The van der Waals surface area contributed by atoms with E-state index in [1.165, 1.54) is 14.2 Å². The summed E-state index contributed by atoms with van der Waals surface area (Å²) in [5.41, 5.74) is 17.0. The second-order valence-corrected chi connectivity index (χ2v) is 27.0. The number of nitrogens with zero attached hydrogens (tertiary/aromatic N) is 2. The number of carboxylic acid groups (broad SMARTS) is 4. The van der Waals surface area contributed by atoms with Crippen LogP contribution >= 0.6 is 0 Å². The molecule has 28 nitrogen and oxygen atoms in total. The number of ether oxygens (including phenoxy) is 14. The smallest absolute Gasteiger partial charge is 0.323 e. The lowest BCUT2D eigenvalue weighted by Gasteiger charge is -2.31. The highest BCUT2D eigenvalue weighted by Gasteiger charge is 2.32. The number of carbonyl (C=O) groups is 6. The summed E-state index contributed by atoms with van der Waals surface area (Å²) in [7, 11) is 9.26. The summed E-state index contributed by atoms with van der Waals surface area (Å²) in [5.74, 6) is -4.46. The molecular formula is C86H122N4O24. The molecule has 6 aromatic carbocycles. The minimum atomic E-state index is -0.999. The zero-order valence-electron chi connectivity index (χ0n) is 67.2. The van der Waals surface area contributed by atoms with E-state index in [0.717, 1.165) is 33.4 Å². The summed E-state index contributed by atoms with van der Waals surface area (Å²) < 4.78 is 73.2. The Morgan fingerprint density at radius 2 is 0.596 bits per heavy atom. The van der Waals surface area contributed by atoms with E-state index in [2.05, 4.69) is 29.2 Å². The molecule has 0 bridgehead atoms. The lowest BCUT2D eigenvalue weighted by Crippen LogP contribution is -2.42. The normalized spacial score (nSPS) is 15.1. The number of carboxylic acids is 4. The third kappa shape index (κ3) is 42.2. The first-order chi connectivity index (χ1) is 55.1. The van der Waals surface area contributed by atoms with Gasteiger partial charge in [0.15, 0.2) is 37.7 Å². The van der Waals surface area contributed by atoms with Crippen molar-refractivity contribution in [3.63, 3.8) is 0 Å². The summed E-state index contributed by atoms with van der Waals surface area (Å²) in [6.07, 6.45) is 4.91. The molecule has 3 saturated heterocycles. The second-order valence-electron chi connectivity index (χ2n) is 27.0. The van der Waals surface area contributed by atoms with Crippen molar-refractivity contribution in [1.29, 1.82) is 0 Å². The molecule has 0 unspecified atom stereocenters. The average molecular weight is 1600 g/mol. The highest BCUT2D eigenvalue weighted by atomic mass is 16.7. The number of carbonyl (C=O) groups excluding carboxylic acids is 2. The van der Waals surface area contributed by atoms with Crippen molar-refractivity contribution in [3.8, 4) is 0 Å². The number of aliphatic carboxylic acids is 4. The fourth-order valence-corrected chi connectivity index (χ4v) is 11.6. The molecule has 0 saturated carbocycles. The monoisotopic (exact) mass is 1590 g/mol. The standard InChI is InChI=1S/C28H31NO4.C21H25NO4.C15H22O4.C8H16O4.C7H13NO4.C7H15NO4/c30-28(33-22-25-14-8-3-9-15-25)26(16-17-27-31-18-19-32-27)29(20-23-10-4-1-5-11-23)21-24-12-6-2-7-13-24;23-21(24)19(11-12-20-25-13-14-26-20)22(15-17-7-3-1-4-8-17)16-18-9-5-2-6-10-18;1-12(9-10-14(17-2)18-3)15(16)19-11-13-7-5-4-6-8-13;1-6(8(9)10)4-5-7(11-2)12-3;8-5(7(9)10)1-2-6-11-3-4-12-6;1-11-6(12-2)4-3-5(8)7(9)10/h1-15,26-27H,16-22H2;1-10,19-20H,11-16H2,(H,23,24);4-8,12,14H,9-11H2,1-3H3;6-7H,4-5H2,1-3H3,(H,9,10);5-6H,1-4,8H2,(H,9,10);5-6H,3-4,8H2,1-2H3,(H,9,10)/t26-;19-;12-;6-;2*5-/m000000/s1. The van der Waals surface area contributed by atoms with Gasteiger partial charge in [0.1, 0.15) is 37.4 Å². The fourth-order valence-electron chi connectivity index (χ4n) is 11.6. The molecule has 0 radical (unpaired) electrons. The van der Waals surface area contributed by atoms with E-state index in [4.69, 9.17) is 93.1 Å². The summed E-state index contributed by atoms with van der Waals surface area (Å²) in [6.45, 7) is 10.1. The Hall–Kier alpha value is -8.50. The van der Waals surface area contributed by atoms with Crippen LogP contribution in [-0.2, 0) is 134 Å². The third-order valence-corrected chi connectivity index (χ3v) is 18.4. The van der Waals surface area contributed by atoms with E-state index in [1.54, 1.807) is 35.4 Å². The van der Waals surface area contributed by atoms with Crippen LogP contribution in [0.1, 0.15) is 124 Å². The first kappa shape index (κ1) is 97.9. The molecule has 0 aliphatic carbocycles. The topological polar surface area (TPSA) is 371 Å². The van der Waals surface area contributed by atoms with Gasteiger partial charge in [-0.3, -0.25) is 38.6 Å². The van der Waals surface area contributed by atoms with E-state index < -0.39 is 48.0 Å². The molecule has 6 aromatic rings. The maximum Gasteiger partial charge on any atom is 0.323 e. The van der Waals surface area contributed by atoms with E-state index in [1.807, 2.05) is 170 Å². The van der Waals surface area contributed by atoms with Gasteiger partial charge in [-0.15, -0.1) is 0 Å². The Morgan fingerprint density at radius 3 is 0.895 bits per heavy atom. The van der Waals surface area contributed by atoms with Gasteiger partial charge in [-0.2, -0.15) is 0 Å². The summed E-state index contributed by atoms with van der Waals surface area (Å²) in [4.78, 5) is 72.4. The highest BCUT2D eigenvalue weighted by molar-refractivity contribution is 5.76. The van der Waals surface area contributed by atoms with Crippen molar-refractivity contribution in [1.82, 2.24) is 9.80 Å². The van der Waals surface area contributed by atoms with Gasteiger partial charge in [0, 0.05) is 94.5 Å². The van der Waals surface area contributed by atoms with E-state index >= 15 is 0 Å². The molecule has 114 heavy (non-hydrogen) atoms. The van der Waals surface area contributed by atoms with E-state index in [0.29, 0.717) is 149 Å². The number of hydrogen-bond acceptors (Lipinski definition) is 24. The van der Waals surface area contributed by atoms with Crippen LogP contribution in [0, 0.1) is 11.8 Å². The van der Waals surface area contributed by atoms with E-state index in [-0.39, 0.29) is 68.1 Å². The van der Waals surface area contributed by atoms with Crippen LogP contribution in [0.2, 0.25) is 0 Å². The maximum atomic E-state index is 13.4. The van der Waals surface area contributed by atoms with Crippen molar-refractivity contribution >= 4 is 35.8 Å². The van der Waals surface area contributed by atoms with Crippen molar-refractivity contribution in [3.05, 3.63) is 215 Å². The molecule has 630 valence electrons. The number of methoxy groups -OCH3 is 6. The minimum absolute atomic E-state index is 0.156. The van der Waals surface area contributed by atoms with E-state index in [9.17, 15) is 33.9 Å². The third-order valence-electron chi connectivity index (χ3n) is 18.4. The van der Waals surface area contributed by atoms with Gasteiger partial charge in [-0.05, 0) is 84.7 Å². The van der Waals surface area contributed by atoms with Gasteiger partial charge in [-0.25, -0.2) is 0 Å². The van der Waals surface area contributed by atoms with Crippen molar-refractivity contribution in [2.75, 3.05) is 82.3 Å². The second kappa shape index (κ2) is 59.2. The van der Waals surface area contributed by atoms with Crippen LogP contribution in [0.25, 0.3) is 0 Å². The Balaban J connectivity index is 0.000000303. The largest absolute Gasteiger partial charge is 0.481 e. The maximum absolute atomic E-state index is 13.4. The molecule has 28 heteroatoms. The molecule has 0 aromatic heterocycles. The van der Waals surface area contributed by atoms with Crippen LogP contribution < -0.4 is 11.5 Å². The molecule has 3 heterocycles. The number of rotatable bonds is 44. The fraction of sp³-hybridized carbons (Fsp3) is 0.512. The molecule has 3 aliphatic heterocycles. The number of nitrogens with two attached hydrogens (primary N) is 2. The van der Waals surface area contributed by atoms with Gasteiger partial charge >= 0.3 is 35.8 Å². The van der Waals surface area contributed by atoms with Crippen LogP contribution in [0.15, 0.2) is 182 Å². The van der Waals surface area contributed by atoms with Gasteiger partial charge < -0.3 is 98.2 Å². The molecule has 3 fully saturated rings. The van der Waals surface area contributed by atoms with Crippen LogP contribution in [-0.4, -0.2) is 210 Å². The summed E-state index contributed by atoms with van der Waals surface area (Å²) in [6, 6.07) is 57.2. The Labute approximate surface area is 671 Å². The zero-order chi connectivity index (χ0) is 83.1. The highest BCUT2D eigenvalue weighted by Crippen LogP contribution is 2.24. The van der Waals surface area contributed by atoms with Crippen molar-refractivity contribution < 1.29 is 116 Å². The Kier molecular flexibility index (Phi) is 50.8. The average Bonchev–Trinajstić information content (AvgIpc) is 0.985. The molecule has 3 aliphatic rings. The Bertz CT molecular complexity index is 3320. The number of benzene rings is 6. The van der Waals surface area contributed by atoms with Gasteiger partial charge in [0.25, 0.3) is 0 Å². The van der Waals surface area contributed by atoms with Gasteiger partial charge in [-0.1, -0.05) is 196 Å². The number of esters is 2. The molecule has 0 amide bonds. The molecule has 9 rings (SSSR count). The molecular weight excluding hydrogens is 1470 g/mol. The van der Waals surface area contributed by atoms with Crippen LogP contribution in [0.4, 0.5) is 0 Å². The van der Waals surface area contributed by atoms with Crippen LogP contribution in [0.3, 0.4) is 0 Å². The first-order valence-corrected chi connectivity index (χ1v) is 38.4. The first-order valence-electron chi connectivity index (χ1n) is 38.4. The van der Waals surface area contributed by atoms with Crippen molar-refractivity contribution in [2.24, 2.45) is 23.3 Å². The van der Waals surface area contributed by atoms with Crippen molar-refractivity contribution in [2.45, 2.75) is 192 Å². The summed E-state index contributed by atoms with van der Waals surface area (Å²) in [5, 5.41) is 35.3. The van der Waals surface area contributed by atoms with Gasteiger partial charge in [0.05, 0.1) is 51.5 Å². The molecule has 6 atom stereocenters. The predicted octanol–water partition coefficient (Wildman–Crippen LogP) is 11.5. The molecule has 8 N–H and O–H groups in total.